The van der Waals surface area contributed by atoms with Gasteiger partial charge in [-0.25, -0.2) is 4.79 Å². The van der Waals surface area contributed by atoms with Gasteiger partial charge in [0.15, 0.2) is 0 Å². The number of rotatable bonds is 34. The number of amides is 7. The minimum absolute atomic E-state index is 0.0170. The summed E-state index contributed by atoms with van der Waals surface area (Å²) < 4.78 is 0. The second kappa shape index (κ2) is 30.9. The van der Waals surface area contributed by atoms with E-state index in [1.165, 1.54) is 6.92 Å². The van der Waals surface area contributed by atoms with Crippen molar-refractivity contribution in [2.75, 3.05) is 0 Å². The Labute approximate surface area is 406 Å². The summed E-state index contributed by atoms with van der Waals surface area (Å²) in [6.07, 6.45) is 10.1. The topological polar surface area (TPSA) is 289 Å². The second-order valence-electron chi connectivity index (χ2n) is 18.4. The van der Waals surface area contributed by atoms with Crippen LogP contribution in [0.3, 0.4) is 0 Å². The lowest BCUT2D eigenvalue weighted by Gasteiger charge is -2.27. The van der Waals surface area contributed by atoms with Crippen molar-refractivity contribution in [1.82, 2.24) is 26.6 Å². The van der Waals surface area contributed by atoms with Crippen molar-refractivity contribution in [3.63, 3.8) is 0 Å². The maximum atomic E-state index is 13.5. The molecule has 0 fully saturated rings. The molecule has 0 aliphatic heterocycles. The third-order valence-corrected chi connectivity index (χ3v) is 11.8. The zero-order valence-corrected chi connectivity index (χ0v) is 40.5. The van der Waals surface area contributed by atoms with Gasteiger partial charge < -0.3 is 48.3 Å². The zero-order chi connectivity index (χ0) is 50.7. The monoisotopic (exact) mass is 958 g/mol. The first-order valence-electron chi connectivity index (χ1n) is 24.4. The molecule has 17 heteroatoms. The molecule has 3 aromatic rings. The van der Waals surface area contributed by atoms with Crippen molar-refractivity contribution in [2.24, 2.45) is 17.4 Å². The maximum Gasteiger partial charge on any atom is 0.326 e. The van der Waals surface area contributed by atoms with Gasteiger partial charge in [0, 0.05) is 25.7 Å². The zero-order valence-electron chi connectivity index (χ0n) is 40.5. The van der Waals surface area contributed by atoms with Gasteiger partial charge in [0.05, 0.1) is 12.5 Å². The number of benzene rings is 3. The van der Waals surface area contributed by atoms with Crippen LogP contribution in [0.5, 0.6) is 0 Å². The van der Waals surface area contributed by atoms with E-state index in [4.69, 9.17) is 11.5 Å². The number of fused-ring (bicyclic) bond motifs is 1. The van der Waals surface area contributed by atoms with E-state index in [1.54, 1.807) is 30.3 Å². The summed E-state index contributed by atoms with van der Waals surface area (Å²) in [7, 11) is 0. The summed E-state index contributed by atoms with van der Waals surface area (Å²) in [4.78, 5) is 101. The highest BCUT2D eigenvalue weighted by Crippen LogP contribution is 2.18. The molecule has 0 aromatic heterocycles. The number of aliphatic hydroxyl groups excluding tert-OH is 1. The van der Waals surface area contributed by atoms with Crippen LogP contribution in [0.4, 0.5) is 0 Å². The molecule has 17 nitrogen and oxygen atoms in total. The Kier molecular flexibility index (Phi) is 25.5. The molecule has 0 spiro atoms. The number of aliphatic carboxylic acids is 1. The molecule has 0 radical (unpaired) electrons. The van der Waals surface area contributed by atoms with Crippen LogP contribution < -0.4 is 38.1 Å². The van der Waals surface area contributed by atoms with Crippen LogP contribution in [0.25, 0.3) is 10.8 Å². The first kappa shape index (κ1) is 57.0. The molecule has 6 atom stereocenters. The number of unbranched alkanes of at least 4 members (excludes halogenated alkanes) is 11. The predicted octanol–water partition coefficient (Wildman–Crippen LogP) is 4.38. The van der Waals surface area contributed by atoms with E-state index in [9.17, 15) is 48.6 Å². The number of carbonyl (C=O) groups is 8. The van der Waals surface area contributed by atoms with Crippen LogP contribution >= 0.6 is 0 Å². The molecule has 11 N–H and O–H groups in total. The third-order valence-electron chi connectivity index (χ3n) is 11.8. The number of carboxylic acids is 1. The van der Waals surface area contributed by atoms with Gasteiger partial charge in [0.2, 0.25) is 41.4 Å². The number of hydrogen-bond acceptors (Lipinski definition) is 9. The fourth-order valence-electron chi connectivity index (χ4n) is 8.05. The van der Waals surface area contributed by atoms with E-state index >= 15 is 0 Å². The first-order valence-corrected chi connectivity index (χ1v) is 24.4. The van der Waals surface area contributed by atoms with Crippen molar-refractivity contribution >= 4 is 58.1 Å². The molecule has 0 bridgehead atoms. The van der Waals surface area contributed by atoms with E-state index in [0.717, 1.165) is 80.5 Å². The van der Waals surface area contributed by atoms with Crippen molar-refractivity contribution in [3.05, 3.63) is 83.9 Å². The molecular formula is C52H75N7O10. The van der Waals surface area contributed by atoms with Crippen LogP contribution in [0.2, 0.25) is 0 Å². The lowest BCUT2D eigenvalue weighted by Crippen LogP contribution is -2.59. The van der Waals surface area contributed by atoms with Gasteiger partial charge in [0.25, 0.3) is 0 Å². The normalized spacial score (nSPS) is 13.8. The number of hydrogen-bond donors (Lipinski definition) is 9. The number of nitrogens with two attached hydrogens (primary N) is 2. The quantitative estimate of drug-likeness (QED) is 0.0381. The Morgan fingerprint density at radius 2 is 0.986 bits per heavy atom. The van der Waals surface area contributed by atoms with E-state index < -0.39 is 84.1 Å². The highest BCUT2D eigenvalue weighted by atomic mass is 16.4. The van der Waals surface area contributed by atoms with E-state index in [1.807, 2.05) is 56.3 Å². The van der Waals surface area contributed by atoms with Crippen molar-refractivity contribution < 1.29 is 48.6 Å². The van der Waals surface area contributed by atoms with Crippen LogP contribution in [0, 0.1) is 5.92 Å². The van der Waals surface area contributed by atoms with Gasteiger partial charge in [-0.1, -0.05) is 151 Å². The van der Waals surface area contributed by atoms with Gasteiger partial charge >= 0.3 is 5.97 Å². The molecular weight excluding hydrogens is 883 g/mol. The molecule has 0 aliphatic carbocycles. The lowest BCUT2D eigenvalue weighted by atomic mass is 9.99. The van der Waals surface area contributed by atoms with Gasteiger partial charge in [-0.15, -0.1) is 0 Å². The van der Waals surface area contributed by atoms with Gasteiger partial charge in [-0.3, -0.25) is 33.6 Å². The standard InChI is InChI=1S/C52H75N7O10/c1-34(2)29-41(49(65)56-40(48(54)64)32-37-27-28-38-23-19-20-24-39(38)30-37)57-51(67)47(35(3)60)59-46(63)26-18-13-11-9-7-5-4-6-8-10-12-17-25-45(62)55-42(33-44(53)61)50(66)58-43(52(68)69)31-36-21-15-14-16-22-36/h14-16,19-24,27-28,30,34-35,40-43,47,60H,4-13,17-18,25-26,29,31-33H2,1-3H3,(H2,53,61)(H2,54,64)(H,55,62)(H,56,65)(H,57,67)(H,58,66)(H,59,63)(H,68,69)/t35-,40+,41+,42+,43+,47+/m1/s1. The second-order valence-corrected chi connectivity index (χ2v) is 18.4. The lowest BCUT2D eigenvalue weighted by molar-refractivity contribution is -0.142. The molecule has 0 unspecified atom stereocenters. The van der Waals surface area contributed by atoms with Crippen LogP contribution in [-0.2, 0) is 51.2 Å². The Morgan fingerprint density at radius 1 is 0.507 bits per heavy atom. The Bertz CT molecular complexity index is 2130. The number of nitrogens with one attached hydrogen (secondary N) is 5. The molecule has 0 aliphatic rings. The molecule has 378 valence electrons. The molecule has 3 rings (SSSR count). The fraction of sp³-hybridized carbons (Fsp3) is 0.538. The SMILES string of the molecule is CC(C)C[C@H](NC(=O)[C@@H](NC(=O)CCCCCCCCCCCCCCC(=O)N[C@@H](CC(N)=O)C(=O)N[C@@H](Cc1ccccc1)C(=O)O)[C@@H](C)O)C(=O)N[C@@H](Cc1ccc2ccccc2c1)C(N)=O. The largest absolute Gasteiger partial charge is 0.480 e. The maximum absolute atomic E-state index is 13.5. The number of primary amides is 2. The Balaban J connectivity index is 1.28. The molecule has 0 saturated carbocycles. The number of carboxylic acid groups (broad SMARTS) is 1. The molecule has 0 heterocycles. The van der Waals surface area contributed by atoms with Crippen molar-refractivity contribution in [1.29, 1.82) is 0 Å². The molecule has 0 saturated heterocycles. The predicted molar refractivity (Wildman–Crippen MR) is 264 cm³/mol. The van der Waals surface area contributed by atoms with Crippen molar-refractivity contribution in [2.45, 2.75) is 173 Å². The third kappa shape index (κ3) is 22.5. The summed E-state index contributed by atoms with van der Waals surface area (Å²) in [6, 6.07) is 16.4. The average Bonchev–Trinajstić information content (AvgIpc) is 3.29. The van der Waals surface area contributed by atoms with Gasteiger partial charge in [-0.05, 0) is 54.0 Å². The minimum Gasteiger partial charge on any atom is -0.480 e. The first-order chi connectivity index (χ1) is 32.9. The summed E-state index contributed by atoms with van der Waals surface area (Å²) in [5.41, 5.74) is 12.5. The molecule has 69 heavy (non-hydrogen) atoms. The van der Waals surface area contributed by atoms with E-state index in [0.29, 0.717) is 18.4 Å². The van der Waals surface area contributed by atoms with Crippen LogP contribution in [-0.4, -0.2) is 93.8 Å². The fourth-order valence-corrected chi connectivity index (χ4v) is 8.05. The van der Waals surface area contributed by atoms with Crippen LogP contribution in [0.1, 0.15) is 135 Å². The number of aliphatic hydroxyl groups is 1. The summed E-state index contributed by atoms with van der Waals surface area (Å²) >= 11 is 0. The van der Waals surface area contributed by atoms with E-state index in [2.05, 4.69) is 26.6 Å². The number of carbonyl (C=O) groups excluding carboxylic acids is 7. The molecule has 7 amide bonds. The smallest absolute Gasteiger partial charge is 0.326 e. The summed E-state index contributed by atoms with van der Waals surface area (Å²) in [5.74, 6) is -5.68. The van der Waals surface area contributed by atoms with E-state index in [-0.39, 0.29) is 43.9 Å². The van der Waals surface area contributed by atoms with Gasteiger partial charge in [-0.2, -0.15) is 0 Å². The summed E-state index contributed by atoms with van der Waals surface area (Å²) in [6.45, 7) is 5.16. The molecule has 3 aromatic carbocycles. The van der Waals surface area contributed by atoms with Crippen LogP contribution in [0.15, 0.2) is 72.8 Å². The van der Waals surface area contributed by atoms with Gasteiger partial charge in [0.1, 0.15) is 30.2 Å². The summed E-state index contributed by atoms with van der Waals surface area (Å²) in [5, 5.41) is 35.1. The minimum atomic E-state index is -1.29. The highest BCUT2D eigenvalue weighted by Gasteiger charge is 2.32. The average molecular weight is 958 g/mol. The van der Waals surface area contributed by atoms with Crippen molar-refractivity contribution in [3.8, 4) is 0 Å². The Morgan fingerprint density at radius 3 is 1.51 bits per heavy atom. The highest BCUT2D eigenvalue weighted by molar-refractivity contribution is 5.95. The Hall–Kier alpha value is -6.36.